The molecule has 0 unspecified atom stereocenters. The average Bonchev–Trinajstić information content (AvgIpc) is 2.20. The predicted octanol–water partition coefficient (Wildman–Crippen LogP) is 3.01. The van der Waals surface area contributed by atoms with Crippen LogP contribution in [-0.4, -0.2) is 11.4 Å². The summed E-state index contributed by atoms with van der Waals surface area (Å²) in [6, 6.07) is 8.91. The lowest BCUT2D eigenvalue weighted by Gasteiger charge is -2.04. The molecule has 0 atom stereocenters. The van der Waals surface area contributed by atoms with E-state index in [0.717, 1.165) is 5.39 Å². The van der Waals surface area contributed by atoms with Crippen LogP contribution in [0.1, 0.15) is 10.4 Å². The van der Waals surface area contributed by atoms with Gasteiger partial charge in [-0.1, -0.05) is 35.9 Å². The molecule has 0 radical (unpaired) electrons. The van der Waals surface area contributed by atoms with Crippen molar-refractivity contribution >= 4 is 28.7 Å². The molecule has 0 saturated carbocycles. The van der Waals surface area contributed by atoms with E-state index in [0.29, 0.717) is 11.7 Å². The largest absolute Gasteiger partial charge is 0.506 e. The highest BCUT2D eigenvalue weighted by atomic mass is 35.5. The number of fused-ring (bicyclic) bond motifs is 1. The van der Waals surface area contributed by atoms with Gasteiger partial charge in [-0.3, -0.25) is 4.79 Å². The molecule has 1 N–H and O–H groups in total. The fourth-order valence-corrected chi connectivity index (χ4v) is 1.67. The number of carbonyl (C=O) groups is 1. The quantitative estimate of drug-likeness (QED) is 0.729. The van der Waals surface area contributed by atoms with E-state index in [1.165, 1.54) is 0 Å². The molecule has 2 nitrogen and oxygen atoms in total. The highest BCUT2D eigenvalue weighted by molar-refractivity contribution is 6.33. The van der Waals surface area contributed by atoms with Gasteiger partial charge in [-0.2, -0.15) is 0 Å². The molecule has 0 fully saturated rings. The number of hydrogen-bond donors (Lipinski definition) is 1. The van der Waals surface area contributed by atoms with E-state index < -0.39 is 0 Å². The summed E-state index contributed by atoms with van der Waals surface area (Å²) in [6.07, 6.45) is 0.615. The van der Waals surface area contributed by atoms with Crippen LogP contribution < -0.4 is 0 Å². The summed E-state index contributed by atoms with van der Waals surface area (Å²) in [7, 11) is 0. The molecule has 0 saturated heterocycles. The minimum absolute atomic E-state index is 0.152. The van der Waals surface area contributed by atoms with Crippen LogP contribution in [0.4, 0.5) is 0 Å². The Morgan fingerprint density at radius 1 is 1.29 bits per heavy atom. The summed E-state index contributed by atoms with van der Waals surface area (Å²) in [5.74, 6) is -0.152. The number of phenols is 1. The van der Waals surface area contributed by atoms with Gasteiger partial charge >= 0.3 is 0 Å². The van der Waals surface area contributed by atoms with Crippen molar-refractivity contribution in [3.63, 3.8) is 0 Å². The topological polar surface area (TPSA) is 37.3 Å². The molecule has 0 aliphatic rings. The van der Waals surface area contributed by atoms with Gasteiger partial charge in [-0.15, -0.1) is 0 Å². The molecule has 0 spiro atoms. The molecule has 3 heteroatoms. The normalized spacial score (nSPS) is 10.4. The molecule has 0 aliphatic carbocycles. The third-order valence-corrected chi connectivity index (χ3v) is 2.42. The van der Waals surface area contributed by atoms with Crippen LogP contribution in [0.3, 0.4) is 0 Å². The number of aromatic hydroxyl groups is 1. The van der Waals surface area contributed by atoms with Crippen molar-refractivity contribution in [2.24, 2.45) is 0 Å². The predicted molar refractivity (Wildman–Crippen MR) is 56.0 cm³/mol. The molecule has 0 aromatic heterocycles. The Balaban J connectivity index is 2.96. The molecule has 2 rings (SSSR count). The maximum Gasteiger partial charge on any atom is 0.154 e. The first-order chi connectivity index (χ1) is 6.74. The lowest BCUT2D eigenvalue weighted by molar-refractivity contribution is 0.112. The molecular weight excluding hydrogens is 200 g/mol. The van der Waals surface area contributed by atoms with Crippen LogP contribution in [0.25, 0.3) is 10.8 Å². The Hall–Kier alpha value is -1.54. The van der Waals surface area contributed by atoms with Crippen molar-refractivity contribution in [3.8, 4) is 5.75 Å². The van der Waals surface area contributed by atoms with Gasteiger partial charge in [-0.05, 0) is 16.8 Å². The van der Waals surface area contributed by atoms with Crippen LogP contribution in [0.2, 0.25) is 5.02 Å². The molecule has 2 aromatic rings. The van der Waals surface area contributed by atoms with Crippen molar-refractivity contribution in [2.45, 2.75) is 0 Å². The van der Waals surface area contributed by atoms with Gasteiger partial charge in [0.2, 0.25) is 0 Å². The highest BCUT2D eigenvalue weighted by Crippen LogP contribution is 2.33. The Bertz CT molecular complexity index is 506. The van der Waals surface area contributed by atoms with Crippen molar-refractivity contribution in [1.29, 1.82) is 0 Å². The smallest absolute Gasteiger partial charge is 0.154 e. The number of carbonyl (C=O) groups excluding carboxylic acids is 1. The third kappa shape index (κ3) is 1.24. The second-order valence-electron chi connectivity index (χ2n) is 2.96. The van der Waals surface area contributed by atoms with E-state index >= 15 is 0 Å². The monoisotopic (exact) mass is 206 g/mol. The van der Waals surface area contributed by atoms with Crippen molar-refractivity contribution in [1.82, 2.24) is 0 Å². The van der Waals surface area contributed by atoms with Crippen LogP contribution in [0.15, 0.2) is 30.3 Å². The molecular formula is C11H7ClO2. The number of rotatable bonds is 1. The summed E-state index contributed by atoms with van der Waals surface area (Å²) in [5.41, 5.74) is 0.244. The minimum atomic E-state index is -0.152. The van der Waals surface area contributed by atoms with Gasteiger partial charge < -0.3 is 5.11 Å². The van der Waals surface area contributed by atoms with Crippen LogP contribution in [-0.2, 0) is 0 Å². The first-order valence-corrected chi connectivity index (χ1v) is 4.47. The Morgan fingerprint density at radius 2 is 2.00 bits per heavy atom. The molecule has 0 bridgehead atoms. The lowest BCUT2D eigenvalue weighted by atomic mass is 10.0. The summed E-state index contributed by atoms with van der Waals surface area (Å²) < 4.78 is 0. The van der Waals surface area contributed by atoms with Gasteiger partial charge in [-0.25, -0.2) is 0 Å². The van der Waals surface area contributed by atoms with Gasteiger partial charge in [0.1, 0.15) is 5.75 Å². The average molecular weight is 207 g/mol. The van der Waals surface area contributed by atoms with Crippen molar-refractivity contribution < 1.29 is 9.90 Å². The van der Waals surface area contributed by atoms with E-state index in [1.807, 2.05) is 18.2 Å². The second kappa shape index (κ2) is 3.31. The first kappa shape index (κ1) is 9.03. The second-order valence-corrected chi connectivity index (χ2v) is 3.37. The number of halogens is 1. The Kier molecular flexibility index (Phi) is 2.14. The van der Waals surface area contributed by atoms with Crippen LogP contribution in [0.5, 0.6) is 5.75 Å². The molecule has 0 amide bonds. The van der Waals surface area contributed by atoms with Crippen LogP contribution in [0, 0.1) is 0 Å². The first-order valence-electron chi connectivity index (χ1n) is 4.09. The van der Waals surface area contributed by atoms with E-state index in [1.54, 1.807) is 12.1 Å². The summed E-state index contributed by atoms with van der Waals surface area (Å²) in [4.78, 5) is 10.8. The van der Waals surface area contributed by atoms with Crippen molar-refractivity contribution in [3.05, 3.63) is 40.9 Å². The van der Waals surface area contributed by atoms with Crippen molar-refractivity contribution in [2.75, 3.05) is 0 Å². The van der Waals surface area contributed by atoms with Gasteiger partial charge in [0.15, 0.2) is 6.29 Å². The van der Waals surface area contributed by atoms with Gasteiger partial charge in [0, 0.05) is 0 Å². The molecule has 0 heterocycles. The standard InChI is InChI=1S/C11H7ClO2/c12-10-5-7-3-1-2-4-8(7)9(6-13)11(10)14/h1-6,14H. The maximum absolute atomic E-state index is 10.8. The maximum atomic E-state index is 10.8. The highest BCUT2D eigenvalue weighted by Gasteiger charge is 2.09. The summed E-state index contributed by atoms with van der Waals surface area (Å²) in [5, 5.41) is 11.3. The number of phenolic OH excluding ortho intramolecular Hbond substituents is 1. The minimum Gasteiger partial charge on any atom is -0.506 e. The molecule has 70 valence electrons. The number of benzene rings is 2. The van der Waals surface area contributed by atoms with E-state index in [4.69, 9.17) is 11.6 Å². The summed E-state index contributed by atoms with van der Waals surface area (Å²) in [6.45, 7) is 0. The fraction of sp³-hybridized carbons (Fsp3) is 0. The van der Waals surface area contributed by atoms with E-state index in [-0.39, 0.29) is 16.3 Å². The molecule has 0 aliphatic heterocycles. The molecule has 14 heavy (non-hydrogen) atoms. The molecule has 2 aromatic carbocycles. The van der Waals surface area contributed by atoms with E-state index in [9.17, 15) is 9.90 Å². The number of aldehydes is 1. The zero-order valence-electron chi connectivity index (χ0n) is 7.20. The SMILES string of the molecule is O=Cc1c(O)c(Cl)cc2ccccc12. The fourth-order valence-electron chi connectivity index (χ4n) is 1.45. The Morgan fingerprint density at radius 3 is 2.71 bits per heavy atom. The van der Waals surface area contributed by atoms with Crippen LogP contribution >= 0.6 is 11.6 Å². The van der Waals surface area contributed by atoms with Gasteiger partial charge in [0.05, 0.1) is 10.6 Å². The summed E-state index contributed by atoms with van der Waals surface area (Å²) >= 11 is 5.76. The number of hydrogen-bond acceptors (Lipinski definition) is 2. The zero-order valence-corrected chi connectivity index (χ0v) is 7.95. The third-order valence-electron chi connectivity index (χ3n) is 2.13. The lowest BCUT2D eigenvalue weighted by Crippen LogP contribution is -1.85. The Labute approximate surface area is 85.7 Å². The zero-order chi connectivity index (χ0) is 10.1. The van der Waals surface area contributed by atoms with E-state index in [2.05, 4.69) is 0 Å². The van der Waals surface area contributed by atoms with Gasteiger partial charge in [0.25, 0.3) is 0 Å².